The van der Waals surface area contributed by atoms with Gasteiger partial charge in [0.2, 0.25) is 0 Å². The van der Waals surface area contributed by atoms with Crippen LogP contribution in [0.2, 0.25) is 0 Å². The fraction of sp³-hybridized carbons (Fsp3) is 0.286. The Labute approximate surface area is 122 Å². The molecule has 2 aliphatic heterocycles. The molecule has 7 heteroatoms. The lowest BCUT2D eigenvalue weighted by molar-refractivity contribution is -0.131. The Morgan fingerprint density at radius 2 is 2.00 bits per heavy atom. The zero-order valence-corrected chi connectivity index (χ0v) is 12.0. The number of carbonyl (C=O) groups is 1. The second-order valence-corrected chi connectivity index (χ2v) is 6.67. The van der Waals surface area contributed by atoms with E-state index in [4.69, 9.17) is 5.11 Å². The molecular weight excluding hydrogens is 292 g/mol. The molecule has 6 nitrogen and oxygen atoms in total. The van der Waals surface area contributed by atoms with E-state index in [9.17, 15) is 13.2 Å². The highest BCUT2D eigenvalue weighted by atomic mass is 32.2. The predicted octanol–water partition coefficient (Wildman–Crippen LogP) is 0.798. The Bertz CT molecular complexity index is 765. The van der Waals surface area contributed by atoms with E-state index in [2.05, 4.69) is 10.5 Å². The highest BCUT2D eigenvalue weighted by Crippen LogP contribution is 2.24. The van der Waals surface area contributed by atoms with Gasteiger partial charge in [-0.15, -0.1) is 0 Å². The van der Waals surface area contributed by atoms with E-state index in [-0.39, 0.29) is 12.1 Å². The molecule has 0 fully saturated rings. The Hall–Kier alpha value is -1.99. The van der Waals surface area contributed by atoms with Crippen molar-refractivity contribution in [2.24, 2.45) is 4.40 Å². The van der Waals surface area contributed by atoms with Crippen LogP contribution >= 0.6 is 0 Å². The van der Waals surface area contributed by atoms with Gasteiger partial charge in [0.05, 0.1) is 0 Å². The molecule has 0 saturated carbocycles. The largest absolute Gasteiger partial charge is 0.477 e. The molecule has 0 atom stereocenters. The summed E-state index contributed by atoms with van der Waals surface area (Å²) in [6.45, 7) is 1.72. The minimum absolute atomic E-state index is 0.252. The third-order valence-electron chi connectivity index (χ3n) is 3.69. The van der Waals surface area contributed by atoms with Crippen LogP contribution in [0.1, 0.15) is 11.1 Å². The van der Waals surface area contributed by atoms with Gasteiger partial charge in [-0.05, 0) is 17.5 Å². The van der Waals surface area contributed by atoms with Crippen molar-refractivity contribution in [3.05, 3.63) is 45.9 Å². The van der Waals surface area contributed by atoms with E-state index in [1.807, 2.05) is 23.1 Å². The molecular formula is C14H14N2O4S. The molecule has 0 spiro atoms. The zero-order chi connectivity index (χ0) is 15.0. The van der Waals surface area contributed by atoms with Crippen LogP contribution in [0.4, 0.5) is 0 Å². The van der Waals surface area contributed by atoms with Crippen LogP contribution in [0.25, 0.3) is 0 Å². The summed E-state index contributed by atoms with van der Waals surface area (Å²) < 4.78 is 26.5. The number of carboxylic acids is 1. The predicted molar refractivity (Wildman–Crippen MR) is 77.5 cm³/mol. The van der Waals surface area contributed by atoms with Gasteiger partial charge in [-0.2, -0.15) is 12.8 Å². The lowest BCUT2D eigenvalue weighted by Crippen LogP contribution is -2.32. The highest BCUT2D eigenvalue weighted by Gasteiger charge is 2.33. The first-order chi connectivity index (χ1) is 9.97. The van der Waals surface area contributed by atoms with Crippen molar-refractivity contribution < 1.29 is 18.3 Å². The summed E-state index contributed by atoms with van der Waals surface area (Å²) in [6, 6.07) is 8.07. The Balaban J connectivity index is 1.84. The van der Waals surface area contributed by atoms with Gasteiger partial charge < -0.3 is 5.11 Å². The van der Waals surface area contributed by atoms with Crippen molar-refractivity contribution in [3.8, 4) is 0 Å². The fourth-order valence-corrected chi connectivity index (χ4v) is 3.74. The third kappa shape index (κ3) is 2.62. The van der Waals surface area contributed by atoms with Crippen molar-refractivity contribution in [2.45, 2.75) is 13.0 Å². The summed E-state index contributed by atoms with van der Waals surface area (Å²) >= 11 is 0. The first-order valence-corrected chi connectivity index (χ1v) is 7.97. The monoisotopic (exact) mass is 306 g/mol. The molecule has 110 valence electrons. The topological polar surface area (TPSA) is 87.0 Å². The van der Waals surface area contributed by atoms with Crippen molar-refractivity contribution >= 4 is 22.2 Å². The second-order valence-electron chi connectivity index (χ2n) is 5.10. The second kappa shape index (κ2) is 5.09. The van der Waals surface area contributed by atoms with Crippen LogP contribution < -0.4 is 0 Å². The molecule has 0 aromatic heterocycles. The van der Waals surface area contributed by atoms with Gasteiger partial charge in [0, 0.05) is 31.4 Å². The fourth-order valence-electron chi connectivity index (χ4n) is 2.70. The normalized spacial score (nSPS) is 20.6. The SMILES string of the molecule is O=C(O)C1=C(CN2CCc3ccccc3C2)C=NS1(=O)=O. The van der Waals surface area contributed by atoms with Gasteiger partial charge in [-0.1, -0.05) is 24.3 Å². The molecule has 1 aromatic rings. The molecule has 0 aliphatic carbocycles. The summed E-state index contributed by atoms with van der Waals surface area (Å²) in [5.41, 5.74) is 2.73. The molecule has 0 bridgehead atoms. The average Bonchev–Trinajstić information content (AvgIpc) is 2.73. The van der Waals surface area contributed by atoms with E-state index >= 15 is 0 Å². The number of rotatable bonds is 3. The van der Waals surface area contributed by atoms with Crippen molar-refractivity contribution in [1.82, 2.24) is 4.90 Å². The molecule has 0 saturated heterocycles. The van der Waals surface area contributed by atoms with E-state index in [1.165, 1.54) is 11.1 Å². The zero-order valence-electron chi connectivity index (χ0n) is 11.2. The molecule has 1 N–H and O–H groups in total. The van der Waals surface area contributed by atoms with Gasteiger partial charge in [-0.3, -0.25) is 4.90 Å². The number of sulfonamides is 1. The average molecular weight is 306 g/mol. The maximum Gasteiger partial charge on any atom is 0.349 e. The van der Waals surface area contributed by atoms with Gasteiger partial charge in [0.15, 0.2) is 4.91 Å². The van der Waals surface area contributed by atoms with Gasteiger partial charge in [0.25, 0.3) is 10.0 Å². The van der Waals surface area contributed by atoms with Gasteiger partial charge in [0.1, 0.15) is 0 Å². The smallest absolute Gasteiger partial charge is 0.349 e. The Kier molecular flexibility index (Phi) is 3.38. The number of hydrogen-bond acceptors (Lipinski definition) is 4. The van der Waals surface area contributed by atoms with E-state index in [1.54, 1.807) is 0 Å². The van der Waals surface area contributed by atoms with Crippen LogP contribution in [-0.2, 0) is 27.8 Å². The maximum absolute atomic E-state index is 11.6. The van der Waals surface area contributed by atoms with Gasteiger partial charge >= 0.3 is 5.97 Å². The number of fused-ring (bicyclic) bond motifs is 1. The molecule has 1 aromatic carbocycles. The summed E-state index contributed by atoms with van der Waals surface area (Å²) in [6.07, 6.45) is 2.02. The number of nitrogens with zero attached hydrogens (tertiary/aromatic N) is 2. The van der Waals surface area contributed by atoms with Crippen molar-refractivity contribution in [2.75, 3.05) is 13.1 Å². The molecule has 0 amide bonds. The minimum Gasteiger partial charge on any atom is -0.477 e. The standard InChI is InChI=1S/C14H14N2O4S/c17-14(18)13-12(7-15-21(13,19)20)9-16-6-5-10-3-1-2-4-11(10)8-16/h1-4,7H,5-6,8-9H2,(H,17,18). The van der Waals surface area contributed by atoms with Crippen molar-refractivity contribution in [1.29, 1.82) is 0 Å². The Morgan fingerprint density at radius 3 is 2.71 bits per heavy atom. The van der Waals surface area contributed by atoms with Crippen LogP contribution in [-0.4, -0.2) is 43.7 Å². The molecule has 2 aliphatic rings. The highest BCUT2D eigenvalue weighted by molar-refractivity contribution is 7.95. The number of carboxylic acid groups (broad SMARTS) is 1. The maximum atomic E-state index is 11.6. The number of benzene rings is 1. The Morgan fingerprint density at radius 1 is 1.29 bits per heavy atom. The van der Waals surface area contributed by atoms with Crippen LogP contribution in [0.15, 0.2) is 39.1 Å². The molecule has 0 radical (unpaired) electrons. The van der Waals surface area contributed by atoms with Crippen LogP contribution in [0.5, 0.6) is 0 Å². The van der Waals surface area contributed by atoms with E-state index < -0.39 is 20.9 Å². The third-order valence-corrected chi connectivity index (χ3v) is 5.03. The summed E-state index contributed by atoms with van der Waals surface area (Å²) in [5, 5.41) is 9.07. The molecule has 2 heterocycles. The molecule has 21 heavy (non-hydrogen) atoms. The lowest BCUT2D eigenvalue weighted by Gasteiger charge is -2.28. The first kappa shape index (κ1) is 14.0. The molecule has 3 rings (SSSR count). The van der Waals surface area contributed by atoms with Crippen LogP contribution in [0, 0.1) is 0 Å². The summed E-state index contributed by atoms with van der Waals surface area (Å²) in [5.74, 6) is -1.44. The quantitative estimate of drug-likeness (QED) is 0.892. The van der Waals surface area contributed by atoms with Gasteiger partial charge in [-0.25, -0.2) is 4.79 Å². The number of hydrogen-bond donors (Lipinski definition) is 1. The van der Waals surface area contributed by atoms with Crippen molar-refractivity contribution in [3.63, 3.8) is 0 Å². The first-order valence-electron chi connectivity index (χ1n) is 6.53. The van der Waals surface area contributed by atoms with E-state index in [0.717, 1.165) is 19.2 Å². The summed E-state index contributed by atoms with van der Waals surface area (Å²) in [4.78, 5) is 12.6. The number of aliphatic carboxylic acids is 1. The summed E-state index contributed by atoms with van der Waals surface area (Å²) in [7, 11) is -4.02. The van der Waals surface area contributed by atoms with Crippen LogP contribution in [0.3, 0.4) is 0 Å². The lowest BCUT2D eigenvalue weighted by atomic mass is 9.99. The molecule has 0 unspecified atom stereocenters. The van der Waals surface area contributed by atoms with E-state index in [0.29, 0.717) is 6.54 Å². The minimum atomic E-state index is -4.02.